The maximum absolute atomic E-state index is 12.1. The second kappa shape index (κ2) is 7.65. The lowest BCUT2D eigenvalue weighted by molar-refractivity contribution is -0.154. The van der Waals surface area contributed by atoms with E-state index in [1.807, 2.05) is 0 Å². The van der Waals surface area contributed by atoms with Gasteiger partial charge in [0.05, 0.1) is 12.8 Å². The number of anilines is 1. The van der Waals surface area contributed by atoms with Gasteiger partial charge in [0.1, 0.15) is 18.8 Å². The normalized spacial score (nSPS) is 15.2. The molecule has 0 aliphatic carbocycles. The minimum Gasteiger partial charge on any atom is -0.495 e. The zero-order valence-electron chi connectivity index (χ0n) is 14.1. The third-order valence-electron chi connectivity index (χ3n) is 3.56. The second-order valence-corrected chi connectivity index (χ2v) is 5.44. The van der Waals surface area contributed by atoms with Gasteiger partial charge in [0.2, 0.25) is 0 Å². The topological polar surface area (TPSA) is 105 Å². The number of benzene rings is 1. The maximum Gasteiger partial charge on any atom is 0.327 e. The molecular formula is C16H19N3O6. The Bertz CT molecular complexity index is 705. The SMILES string of the molecule is COc1ccccc1NC(=O)[C@H](C)OC(=O)CN1C(=O)CN(C)C1=O. The number of para-hydroxylation sites is 2. The first-order chi connectivity index (χ1) is 11.8. The van der Waals surface area contributed by atoms with E-state index in [4.69, 9.17) is 9.47 Å². The number of methoxy groups -OCH3 is 1. The number of likely N-dealkylation sites (N-methyl/N-ethyl adjacent to an activating group) is 1. The molecule has 1 N–H and O–H groups in total. The van der Waals surface area contributed by atoms with Gasteiger partial charge in [-0.15, -0.1) is 0 Å². The molecule has 1 aromatic carbocycles. The van der Waals surface area contributed by atoms with Gasteiger partial charge in [-0.25, -0.2) is 4.79 Å². The van der Waals surface area contributed by atoms with Crippen molar-refractivity contribution in [1.82, 2.24) is 9.80 Å². The molecule has 9 nitrogen and oxygen atoms in total. The highest BCUT2D eigenvalue weighted by Gasteiger charge is 2.35. The van der Waals surface area contributed by atoms with Crippen LogP contribution in [0.25, 0.3) is 0 Å². The van der Waals surface area contributed by atoms with Gasteiger partial charge in [-0.2, -0.15) is 0 Å². The van der Waals surface area contributed by atoms with Crippen molar-refractivity contribution in [2.45, 2.75) is 13.0 Å². The molecule has 9 heteroatoms. The van der Waals surface area contributed by atoms with Crippen LogP contribution in [-0.4, -0.2) is 67.0 Å². The number of esters is 1. The van der Waals surface area contributed by atoms with E-state index in [0.29, 0.717) is 11.4 Å². The predicted octanol–water partition coefficient (Wildman–Crippen LogP) is 0.459. The van der Waals surface area contributed by atoms with E-state index in [-0.39, 0.29) is 6.54 Å². The Hall–Kier alpha value is -3.10. The molecule has 1 heterocycles. The van der Waals surface area contributed by atoms with Crippen LogP contribution in [0.1, 0.15) is 6.92 Å². The van der Waals surface area contributed by atoms with Crippen LogP contribution in [0, 0.1) is 0 Å². The molecule has 0 aromatic heterocycles. The van der Waals surface area contributed by atoms with Crippen molar-refractivity contribution >= 4 is 29.5 Å². The Balaban J connectivity index is 1.91. The van der Waals surface area contributed by atoms with Crippen LogP contribution in [0.3, 0.4) is 0 Å². The summed E-state index contributed by atoms with van der Waals surface area (Å²) < 4.78 is 10.1. The highest BCUT2D eigenvalue weighted by atomic mass is 16.5. The first-order valence-corrected chi connectivity index (χ1v) is 7.52. The van der Waals surface area contributed by atoms with Gasteiger partial charge in [-0.1, -0.05) is 12.1 Å². The van der Waals surface area contributed by atoms with Crippen molar-refractivity contribution in [2.24, 2.45) is 0 Å². The third-order valence-corrected chi connectivity index (χ3v) is 3.56. The first-order valence-electron chi connectivity index (χ1n) is 7.52. The Kier molecular flexibility index (Phi) is 5.58. The van der Waals surface area contributed by atoms with E-state index in [1.54, 1.807) is 24.3 Å². The number of hydrogen-bond acceptors (Lipinski definition) is 6. The molecule has 0 saturated carbocycles. The van der Waals surface area contributed by atoms with E-state index >= 15 is 0 Å². The summed E-state index contributed by atoms with van der Waals surface area (Å²) in [5, 5.41) is 2.59. The summed E-state index contributed by atoms with van der Waals surface area (Å²) in [5.41, 5.74) is 0.435. The lowest BCUT2D eigenvalue weighted by atomic mass is 10.2. The number of carbonyl (C=O) groups excluding carboxylic acids is 4. The Morgan fingerprint density at radius 1 is 1.28 bits per heavy atom. The predicted molar refractivity (Wildman–Crippen MR) is 86.9 cm³/mol. The largest absolute Gasteiger partial charge is 0.495 e. The summed E-state index contributed by atoms with van der Waals surface area (Å²) in [6.45, 7) is 0.770. The summed E-state index contributed by atoms with van der Waals surface area (Å²) in [4.78, 5) is 49.3. The smallest absolute Gasteiger partial charge is 0.327 e. The summed E-state index contributed by atoms with van der Waals surface area (Å²) >= 11 is 0. The summed E-state index contributed by atoms with van der Waals surface area (Å²) in [7, 11) is 2.92. The molecule has 1 fully saturated rings. The Morgan fingerprint density at radius 3 is 2.56 bits per heavy atom. The van der Waals surface area contributed by atoms with Crippen molar-refractivity contribution in [2.75, 3.05) is 32.6 Å². The monoisotopic (exact) mass is 349 g/mol. The molecule has 0 spiro atoms. The molecule has 0 unspecified atom stereocenters. The molecule has 1 aliphatic rings. The number of nitrogens with zero attached hydrogens (tertiary/aromatic N) is 2. The average molecular weight is 349 g/mol. The second-order valence-electron chi connectivity index (χ2n) is 5.44. The maximum atomic E-state index is 12.1. The fourth-order valence-electron chi connectivity index (χ4n) is 2.22. The molecule has 2 rings (SSSR count). The van der Waals surface area contributed by atoms with Crippen molar-refractivity contribution in [3.8, 4) is 5.75 Å². The molecule has 1 saturated heterocycles. The fourth-order valence-corrected chi connectivity index (χ4v) is 2.22. The van der Waals surface area contributed by atoms with Crippen LogP contribution in [0.4, 0.5) is 10.5 Å². The zero-order chi connectivity index (χ0) is 18.6. The minimum atomic E-state index is -1.11. The highest BCUT2D eigenvalue weighted by Crippen LogP contribution is 2.23. The van der Waals surface area contributed by atoms with Gasteiger partial charge in [-0.05, 0) is 19.1 Å². The minimum absolute atomic E-state index is 0.0873. The van der Waals surface area contributed by atoms with E-state index in [2.05, 4.69) is 5.32 Å². The van der Waals surface area contributed by atoms with Gasteiger partial charge >= 0.3 is 12.0 Å². The first kappa shape index (κ1) is 18.2. The number of amides is 4. The van der Waals surface area contributed by atoms with Crippen LogP contribution in [-0.2, 0) is 19.1 Å². The number of urea groups is 1. The van der Waals surface area contributed by atoms with Crippen molar-refractivity contribution in [1.29, 1.82) is 0 Å². The summed E-state index contributed by atoms with van der Waals surface area (Å²) in [6.07, 6.45) is -1.11. The van der Waals surface area contributed by atoms with E-state index in [9.17, 15) is 19.2 Å². The van der Waals surface area contributed by atoms with Crippen LogP contribution in [0.15, 0.2) is 24.3 Å². The van der Waals surface area contributed by atoms with Crippen LogP contribution in [0.5, 0.6) is 5.75 Å². The molecule has 1 atom stereocenters. The lowest BCUT2D eigenvalue weighted by Crippen LogP contribution is -2.39. The number of rotatable bonds is 6. The van der Waals surface area contributed by atoms with E-state index < -0.39 is 36.5 Å². The van der Waals surface area contributed by atoms with Crippen molar-refractivity contribution in [3.05, 3.63) is 24.3 Å². The van der Waals surface area contributed by atoms with Gasteiger partial charge in [0.25, 0.3) is 11.8 Å². The molecular weight excluding hydrogens is 330 g/mol. The van der Waals surface area contributed by atoms with Crippen LogP contribution < -0.4 is 10.1 Å². The highest BCUT2D eigenvalue weighted by molar-refractivity contribution is 6.04. The average Bonchev–Trinajstić information content (AvgIpc) is 2.81. The van der Waals surface area contributed by atoms with Crippen LogP contribution >= 0.6 is 0 Å². The Labute approximate surface area is 144 Å². The third kappa shape index (κ3) is 4.25. The fraction of sp³-hybridized carbons (Fsp3) is 0.375. The number of imide groups is 1. The molecule has 25 heavy (non-hydrogen) atoms. The molecule has 0 radical (unpaired) electrons. The number of hydrogen-bond donors (Lipinski definition) is 1. The van der Waals surface area contributed by atoms with Gasteiger partial charge in [0.15, 0.2) is 6.10 Å². The van der Waals surface area contributed by atoms with Crippen LogP contribution in [0.2, 0.25) is 0 Å². The van der Waals surface area contributed by atoms with Gasteiger partial charge < -0.3 is 19.7 Å². The molecule has 0 bridgehead atoms. The van der Waals surface area contributed by atoms with E-state index in [0.717, 1.165) is 4.90 Å². The molecule has 134 valence electrons. The standard InChI is InChI=1S/C16H19N3O6/c1-10(15(22)17-11-6-4-5-7-12(11)24-3)25-14(21)9-19-13(20)8-18(2)16(19)23/h4-7,10H,8-9H2,1-3H3,(H,17,22)/t10-/m0/s1. The molecule has 1 aliphatic heterocycles. The lowest BCUT2D eigenvalue weighted by Gasteiger charge is -2.17. The van der Waals surface area contributed by atoms with Gasteiger partial charge in [0, 0.05) is 7.05 Å². The number of nitrogens with one attached hydrogen (secondary N) is 1. The summed E-state index contributed by atoms with van der Waals surface area (Å²) in [5.74, 6) is -1.44. The van der Waals surface area contributed by atoms with Crippen molar-refractivity contribution in [3.63, 3.8) is 0 Å². The Morgan fingerprint density at radius 2 is 1.96 bits per heavy atom. The molecule has 1 aromatic rings. The number of ether oxygens (including phenoxy) is 2. The zero-order valence-corrected chi connectivity index (χ0v) is 14.1. The van der Waals surface area contributed by atoms with Gasteiger partial charge in [-0.3, -0.25) is 19.3 Å². The van der Waals surface area contributed by atoms with Crippen molar-refractivity contribution < 1.29 is 28.7 Å². The number of carbonyl (C=O) groups is 4. The van der Waals surface area contributed by atoms with E-state index in [1.165, 1.54) is 26.0 Å². The quantitative estimate of drug-likeness (QED) is 0.591. The summed E-state index contributed by atoms with van der Waals surface area (Å²) in [6, 6.07) is 6.21. The molecule has 4 amide bonds.